The number of hydrogen-bond acceptors (Lipinski definition) is 3. The van der Waals surface area contributed by atoms with Crippen LogP contribution in [0, 0.1) is 11.8 Å². The first-order chi connectivity index (χ1) is 8.74. The molecule has 4 heteroatoms. The lowest BCUT2D eigenvalue weighted by Crippen LogP contribution is -2.36. The molecule has 1 aliphatic heterocycles. The number of likely N-dealkylation sites (tertiary alicyclic amines) is 1. The number of amides is 1. The van der Waals surface area contributed by atoms with Crippen molar-refractivity contribution in [3.63, 3.8) is 0 Å². The summed E-state index contributed by atoms with van der Waals surface area (Å²) in [6.45, 7) is 7.50. The van der Waals surface area contributed by atoms with E-state index in [2.05, 4.69) is 17.1 Å². The smallest absolute Gasteiger partial charge is 0.246 e. The van der Waals surface area contributed by atoms with Gasteiger partial charge in [0.15, 0.2) is 0 Å². The van der Waals surface area contributed by atoms with Crippen molar-refractivity contribution >= 4 is 5.91 Å². The van der Waals surface area contributed by atoms with Crippen LogP contribution in [-0.2, 0) is 9.53 Å². The summed E-state index contributed by atoms with van der Waals surface area (Å²) in [5, 5.41) is 2.96. The Hall–Kier alpha value is -0.610. The highest BCUT2D eigenvalue weighted by Crippen LogP contribution is 2.28. The molecule has 2 fully saturated rings. The summed E-state index contributed by atoms with van der Waals surface area (Å²) in [4.78, 5) is 14.0. The third-order valence-corrected chi connectivity index (χ3v) is 3.70. The van der Waals surface area contributed by atoms with E-state index >= 15 is 0 Å². The van der Waals surface area contributed by atoms with Gasteiger partial charge in [-0.15, -0.1) is 0 Å². The van der Waals surface area contributed by atoms with E-state index in [4.69, 9.17) is 4.74 Å². The van der Waals surface area contributed by atoms with Crippen molar-refractivity contribution in [1.82, 2.24) is 10.2 Å². The molecule has 0 unspecified atom stereocenters. The third-order valence-electron chi connectivity index (χ3n) is 3.70. The molecule has 0 aromatic rings. The first-order valence-corrected chi connectivity index (χ1v) is 7.31. The van der Waals surface area contributed by atoms with Crippen molar-refractivity contribution in [3.8, 4) is 0 Å². The predicted molar refractivity (Wildman–Crippen MR) is 71.4 cm³/mol. The molecule has 18 heavy (non-hydrogen) atoms. The summed E-state index contributed by atoms with van der Waals surface area (Å²) in [5.41, 5.74) is 0. The van der Waals surface area contributed by atoms with Gasteiger partial charge in [-0.1, -0.05) is 6.92 Å². The van der Waals surface area contributed by atoms with Crippen LogP contribution in [0.1, 0.15) is 32.6 Å². The van der Waals surface area contributed by atoms with E-state index in [9.17, 15) is 4.79 Å². The second-order valence-corrected chi connectivity index (χ2v) is 5.88. The Labute approximate surface area is 110 Å². The zero-order chi connectivity index (χ0) is 12.8. The molecule has 1 saturated heterocycles. The van der Waals surface area contributed by atoms with E-state index in [1.807, 2.05) is 0 Å². The summed E-state index contributed by atoms with van der Waals surface area (Å²) in [7, 11) is 0. The SMILES string of the molecule is C[C@H](CNC(=O)COCC1CC1)CN1CCCC1. The lowest BCUT2D eigenvalue weighted by Gasteiger charge is -2.20. The van der Waals surface area contributed by atoms with Crippen LogP contribution in [0.4, 0.5) is 0 Å². The molecule has 1 amide bonds. The Morgan fingerprint density at radius 2 is 2.11 bits per heavy atom. The monoisotopic (exact) mass is 254 g/mol. The minimum atomic E-state index is 0.0314. The molecule has 0 radical (unpaired) electrons. The van der Waals surface area contributed by atoms with Crippen LogP contribution in [0.3, 0.4) is 0 Å². The van der Waals surface area contributed by atoms with Crippen molar-refractivity contribution in [1.29, 1.82) is 0 Å². The fraction of sp³-hybridized carbons (Fsp3) is 0.929. The first kappa shape index (κ1) is 13.8. The average Bonchev–Trinajstić information content (AvgIpc) is 3.03. The molecule has 1 N–H and O–H groups in total. The van der Waals surface area contributed by atoms with Crippen molar-refractivity contribution in [2.24, 2.45) is 11.8 Å². The van der Waals surface area contributed by atoms with Crippen molar-refractivity contribution < 1.29 is 9.53 Å². The van der Waals surface area contributed by atoms with Crippen LogP contribution < -0.4 is 5.32 Å². The van der Waals surface area contributed by atoms with E-state index in [0.29, 0.717) is 5.92 Å². The maximum absolute atomic E-state index is 11.5. The van der Waals surface area contributed by atoms with Gasteiger partial charge in [0.05, 0.1) is 6.61 Å². The second-order valence-electron chi connectivity index (χ2n) is 5.88. The summed E-state index contributed by atoms with van der Waals surface area (Å²) in [5.74, 6) is 1.28. The Morgan fingerprint density at radius 1 is 1.39 bits per heavy atom. The summed E-state index contributed by atoms with van der Waals surface area (Å²) < 4.78 is 5.36. The molecule has 1 saturated carbocycles. The normalized spacial score (nSPS) is 22.1. The van der Waals surface area contributed by atoms with Gasteiger partial charge in [-0.2, -0.15) is 0 Å². The number of nitrogens with one attached hydrogen (secondary N) is 1. The lowest BCUT2D eigenvalue weighted by molar-refractivity contribution is -0.126. The van der Waals surface area contributed by atoms with E-state index in [0.717, 1.165) is 25.6 Å². The van der Waals surface area contributed by atoms with Crippen LogP contribution in [0.15, 0.2) is 0 Å². The standard InChI is InChI=1S/C14H26N2O2/c1-12(9-16-6-2-3-7-16)8-15-14(17)11-18-10-13-4-5-13/h12-13H,2-11H2,1H3,(H,15,17)/t12-/m1/s1. The molecular formula is C14H26N2O2. The molecular weight excluding hydrogens is 228 g/mol. The van der Waals surface area contributed by atoms with Crippen LogP contribution >= 0.6 is 0 Å². The van der Waals surface area contributed by atoms with E-state index in [-0.39, 0.29) is 12.5 Å². The third kappa shape index (κ3) is 5.36. The Kier molecular flexibility index (Phi) is 5.45. The number of rotatable bonds is 8. The van der Waals surface area contributed by atoms with Gasteiger partial charge in [-0.05, 0) is 50.6 Å². The highest BCUT2D eigenvalue weighted by atomic mass is 16.5. The van der Waals surface area contributed by atoms with Gasteiger partial charge < -0.3 is 15.0 Å². The molecule has 0 bridgehead atoms. The van der Waals surface area contributed by atoms with E-state index < -0.39 is 0 Å². The van der Waals surface area contributed by atoms with E-state index in [1.165, 1.54) is 38.8 Å². The molecule has 0 aromatic heterocycles. The van der Waals surface area contributed by atoms with E-state index in [1.54, 1.807) is 0 Å². The predicted octanol–water partition coefficient (Wildman–Crippen LogP) is 1.26. The summed E-state index contributed by atoms with van der Waals surface area (Å²) in [6.07, 6.45) is 5.20. The van der Waals surface area contributed by atoms with Crippen LogP contribution in [-0.4, -0.2) is 50.2 Å². The maximum Gasteiger partial charge on any atom is 0.246 e. The molecule has 104 valence electrons. The van der Waals surface area contributed by atoms with Crippen LogP contribution in [0.25, 0.3) is 0 Å². The van der Waals surface area contributed by atoms with Crippen molar-refractivity contribution in [2.45, 2.75) is 32.6 Å². The minimum Gasteiger partial charge on any atom is -0.371 e. The van der Waals surface area contributed by atoms with Gasteiger partial charge in [0, 0.05) is 13.1 Å². The summed E-state index contributed by atoms with van der Waals surface area (Å²) >= 11 is 0. The molecule has 0 spiro atoms. The maximum atomic E-state index is 11.5. The van der Waals surface area contributed by atoms with Crippen LogP contribution in [0.2, 0.25) is 0 Å². The molecule has 0 aromatic carbocycles. The largest absolute Gasteiger partial charge is 0.371 e. The minimum absolute atomic E-state index is 0.0314. The van der Waals surface area contributed by atoms with Gasteiger partial charge >= 0.3 is 0 Å². The lowest BCUT2D eigenvalue weighted by atomic mass is 10.1. The van der Waals surface area contributed by atoms with Gasteiger partial charge in [-0.25, -0.2) is 0 Å². The fourth-order valence-electron chi connectivity index (χ4n) is 2.41. The second kappa shape index (κ2) is 7.10. The highest BCUT2D eigenvalue weighted by molar-refractivity contribution is 5.77. The molecule has 2 rings (SSSR count). The first-order valence-electron chi connectivity index (χ1n) is 7.31. The molecule has 1 aliphatic carbocycles. The average molecular weight is 254 g/mol. The number of carbonyl (C=O) groups excluding carboxylic acids is 1. The zero-order valence-electron chi connectivity index (χ0n) is 11.5. The Morgan fingerprint density at radius 3 is 2.78 bits per heavy atom. The molecule has 1 atom stereocenters. The fourth-order valence-corrected chi connectivity index (χ4v) is 2.41. The summed E-state index contributed by atoms with van der Waals surface area (Å²) in [6, 6.07) is 0. The van der Waals surface area contributed by atoms with Gasteiger partial charge in [-0.3, -0.25) is 4.79 Å². The van der Waals surface area contributed by atoms with Gasteiger partial charge in [0.25, 0.3) is 0 Å². The topological polar surface area (TPSA) is 41.6 Å². The van der Waals surface area contributed by atoms with Crippen molar-refractivity contribution in [2.75, 3.05) is 39.4 Å². The van der Waals surface area contributed by atoms with Gasteiger partial charge in [0.1, 0.15) is 6.61 Å². The molecule has 2 aliphatic rings. The number of ether oxygens (including phenoxy) is 1. The Bertz CT molecular complexity index is 261. The van der Waals surface area contributed by atoms with Crippen LogP contribution in [0.5, 0.6) is 0 Å². The molecule has 4 nitrogen and oxygen atoms in total. The number of carbonyl (C=O) groups is 1. The quantitative estimate of drug-likeness (QED) is 0.709. The molecule has 1 heterocycles. The zero-order valence-corrected chi connectivity index (χ0v) is 11.5. The highest BCUT2D eigenvalue weighted by Gasteiger charge is 2.21. The van der Waals surface area contributed by atoms with Crippen molar-refractivity contribution in [3.05, 3.63) is 0 Å². The Balaban J connectivity index is 1.48. The van der Waals surface area contributed by atoms with Gasteiger partial charge in [0.2, 0.25) is 5.91 Å². The number of hydrogen-bond donors (Lipinski definition) is 1. The number of nitrogens with zero attached hydrogens (tertiary/aromatic N) is 1.